The van der Waals surface area contributed by atoms with Gasteiger partial charge in [0.15, 0.2) is 12.2 Å². The van der Waals surface area contributed by atoms with Crippen LogP contribution in [0.25, 0.3) is 0 Å². The van der Waals surface area contributed by atoms with Gasteiger partial charge >= 0.3 is 30.0 Å². The van der Waals surface area contributed by atoms with Crippen molar-refractivity contribution in [3.05, 3.63) is 0 Å². The van der Waals surface area contributed by atoms with Crippen LogP contribution in [0.1, 0.15) is 27.7 Å². The summed E-state index contributed by atoms with van der Waals surface area (Å²) in [5.41, 5.74) is 0. The number of amides is 1. The molecule has 1 saturated heterocycles. The number of rotatable bonds is 7. The molecule has 0 aromatic rings. The monoisotopic (exact) mass is 521 g/mol. The summed E-state index contributed by atoms with van der Waals surface area (Å²) < 4.78 is 28.9. The number of hydrogen-bond donors (Lipinski definition) is 1. The molecular weight excluding hydrogens is 501 g/mol. The molecule has 0 bridgehead atoms. The van der Waals surface area contributed by atoms with Gasteiger partial charge in [0, 0.05) is 27.7 Å². The van der Waals surface area contributed by atoms with Crippen LogP contribution in [0.5, 0.6) is 0 Å². The van der Waals surface area contributed by atoms with Gasteiger partial charge in [-0.15, -0.1) is 0 Å². The Morgan fingerprint density at radius 1 is 0.812 bits per heavy atom. The number of nitrogens with one attached hydrogen (secondary N) is 1. The minimum Gasteiger partial charge on any atom is -0.463 e. The number of ether oxygens (including phenoxy) is 6. The Morgan fingerprint density at radius 3 is 1.81 bits per heavy atom. The van der Waals surface area contributed by atoms with Crippen molar-refractivity contribution >= 4 is 64.8 Å². The molecule has 0 saturated carbocycles. The van der Waals surface area contributed by atoms with Gasteiger partial charge in [-0.25, -0.2) is 4.79 Å². The molecule has 0 aromatic carbocycles. The van der Waals surface area contributed by atoms with E-state index in [9.17, 15) is 24.0 Å². The van der Waals surface area contributed by atoms with Gasteiger partial charge < -0.3 is 33.7 Å². The molecule has 15 heteroatoms. The van der Waals surface area contributed by atoms with Gasteiger partial charge in [-0.3, -0.25) is 19.2 Å². The molecule has 1 aliphatic heterocycles. The van der Waals surface area contributed by atoms with Crippen molar-refractivity contribution < 1.29 is 52.4 Å². The largest absolute Gasteiger partial charge is 0.463 e. The van der Waals surface area contributed by atoms with Crippen molar-refractivity contribution in [1.82, 2.24) is 5.32 Å². The molecule has 182 valence electrons. The van der Waals surface area contributed by atoms with Crippen LogP contribution in [0.2, 0.25) is 0 Å². The van der Waals surface area contributed by atoms with Gasteiger partial charge in [-0.2, -0.15) is 0 Å². The molecule has 5 atom stereocenters. The Morgan fingerprint density at radius 2 is 1.34 bits per heavy atom. The van der Waals surface area contributed by atoms with Crippen molar-refractivity contribution in [3.63, 3.8) is 0 Å². The van der Waals surface area contributed by atoms with Gasteiger partial charge in [0.05, 0.1) is 0 Å². The van der Waals surface area contributed by atoms with E-state index in [1.807, 2.05) is 0 Å². The van der Waals surface area contributed by atoms with Gasteiger partial charge in [0.2, 0.25) is 10.1 Å². The van der Waals surface area contributed by atoms with Crippen LogP contribution in [-0.2, 0) is 47.6 Å². The first-order valence-corrected chi connectivity index (χ1v) is 10.1. The fourth-order valence-electron chi connectivity index (χ4n) is 2.65. The number of alkyl carbamates (subject to hydrolysis) is 1. The van der Waals surface area contributed by atoms with Crippen LogP contribution in [0.4, 0.5) is 4.79 Å². The van der Waals surface area contributed by atoms with Crippen molar-refractivity contribution in [3.8, 4) is 0 Å². The van der Waals surface area contributed by atoms with Crippen molar-refractivity contribution in [1.29, 1.82) is 0 Å². The van der Waals surface area contributed by atoms with E-state index in [-0.39, 0.29) is 0 Å². The summed E-state index contributed by atoms with van der Waals surface area (Å²) in [6.07, 6.45) is -6.77. The van der Waals surface area contributed by atoms with Gasteiger partial charge in [0.25, 0.3) is 0 Å². The highest BCUT2D eigenvalue weighted by Crippen LogP contribution is 2.29. The lowest BCUT2D eigenvalue weighted by Gasteiger charge is -2.44. The number of hydrogen-bond acceptors (Lipinski definition) is 11. The number of esters is 4. The lowest BCUT2D eigenvalue weighted by Crippen LogP contribution is -2.67. The Bertz CT molecular complexity index is 727. The maximum atomic E-state index is 12.2. The number of carbonyl (C=O) groups is 5. The van der Waals surface area contributed by atoms with E-state index in [2.05, 4.69) is 5.32 Å². The highest BCUT2D eigenvalue weighted by atomic mass is 35.6. The first-order valence-electron chi connectivity index (χ1n) is 9.00. The zero-order chi connectivity index (χ0) is 24.6. The molecule has 1 amide bonds. The minimum absolute atomic E-state index is 0.451. The minimum atomic E-state index is -1.92. The smallest absolute Gasteiger partial charge is 0.407 e. The second kappa shape index (κ2) is 12.3. The molecule has 0 aliphatic carbocycles. The lowest BCUT2D eigenvalue weighted by molar-refractivity contribution is -0.270. The molecule has 1 rings (SSSR count). The summed E-state index contributed by atoms with van der Waals surface area (Å²) >= 11 is 16.6. The van der Waals surface area contributed by atoms with E-state index >= 15 is 0 Å². The first-order chi connectivity index (χ1) is 14.7. The normalized spacial score (nSPS) is 25.2. The summed E-state index contributed by atoms with van der Waals surface area (Å²) in [5.74, 6) is -3.13. The van der Waals surface area contributed by atoms with E-state index < -0.39 is 77.6 Å². The van der Waals surface area contributed by atoms with E-state index in [0.29, 0.717) is 0 Å². The van der Waals surface area contributed by atoms with Crippen LogP contribution in [-0.4, -0.2) is 77.6 Å². The van der Waals surface area contributed by atoms with Gasteiger partial charge in [-0.05, 0) is 0 Å². The number of carbonyl (C=O) groups excluding carboxylic acids is 5. The van der Waals surface area contributed by atoms with Crippen molar-refractivity contribution in [2.45, 2.75) is 62.1 Å². The summed E-state index contributed by atoms with van der Waals surface area (Å²) in [6, 6.07) is -1.43. The Hall–Kier alpha value is -2.02. The molecular formula is C17H22Cl3NO11. The van der Waals surface area contributed by atoms with Gasteiger partial charge in [-0.1, -0.05) is 34.8 Å². The summed E-state index contributed by atoms with van der Waals surface area (Å²) in [7, 11) is 0. The van der Waals surface area contributed by atoms with Crippen molar-refractivity contribution in [2.75, 3.05) is 13.2 Å². The molecule has 1 N–H and O–H groups in total. The van der Waals surface area contributed by atoms with Crippen LogP contribution in [0.3, 0.4) is 0 Å². The standard InChI is InChI=1S/C17H22Cl3NO11/c1-7(22)27-5-11-13(29-8(2)23)14(30-9(3)24)12(15(32-11)31-10(4)25)21-16(26)28-6-17(18,19)20/h11-15H,5-6H2,1-4H3,(H,21,26)/t11-,12+,13+,14-,15+/m1/s1. The molecule has 0 unspecified atom stereocenters. The highest BCUT2D eigenvalue weighted by molar-refractivity contribution is 6.67. The van der Waals surface area contributed by atoms with Crippen LogP contribution in [0, 0.1) is 0 Å². The van der Waals surface area contributed by atoms with Crippen LogP contribution in [0.15, 0.2) is 0 Å². The summed E-state index contributed by atoms with van der Waals surface area (Å²) in [5, 5.41) is 2.28. The SMILES string of the molecule is CC(=O)OC[C@H]1O[C@H](OC(C)=O)[C@@H](NC(=O)OCC(Cl)(Cl)Cl)[C@@H](OC(C)=O)[C@H]1OC(C)=O. The predicted molar refractivity (Wildman–Crippen MR) is 107 cm³/mol. The highest BCUT2D eigenvalue weighted by Gasteiger charge is 2.52. The predicted octanol–water partition coefficient (Wildman–Crippen LogP) is 1.17. The van der Waals surface area contributed by atoms with Gasteiger partial charge in [0.1, 0.15) is 25.4 Å². The second-order valence-corrected chi connectivity index (χ2v) is 8.98. The second-order valence-electron chi connectivity index (χ2n) is 6.46. The maximum Gasteiger partial charge on any atom is 0.407 e. The quantitative estimate of drug-likeness (QED) is 0.291. The Kier molecular flexibility index (Phi) is 10.8. The number of halogens is 3. The Balaban J connectivity index is 3.28. The van der Waals surface area contributed by atoms with E-state index in [1.54, 1.807) is 0 Å². The molecule has 1 aliphatic rings. The molecule has 0 aromatic heterocycles. The van der Waals surface area contributed by atoms with E-state index in [4.69, 9.17) is 63.2 Å². The summed E-state index contributed by atoms with van der Waals surface area (Å²) in [6.45, 7) is 3.22. The van der Waals surface area contributed by atoms with E-state index in [0.717, 1.165) is 27.7 Å². The average Bonchev–Trinajstić information content (AvgIpc) is 2.61. The van der Waals surface area contributed by atoms with Crippen LogP contribution < -0.4 is 5.32 Å². The third-order valence-electron chi connectivity index (χ3n) is 3.63. The Labute approximate surface area is 198 Å². The zero-order valence-electron chi connectivity index (χ0n) is 17.4. The fourth-order valence-corrected chi connectivity index (χ4v) is 2.81. The number of alkyl halides is 3. The molecule has 1 fully saturated rings. The van der Waals surface area contributed by atoms with Crippen molar-refractivity contribution in [2.24, 2.45) is 0 Å². The van der Waals surface area contributed by atoms with E-state index in [1.165, 1.54) is 0 Å². The first kappa shape index (κ1) is 28.0. The molecule has 0 radical (unpaired) electrons. The third kappa shape index (κ3) is 10.1. The third-order valence-corrected chi connectivity index (χ3v) is 3.96. The topological polar surface area (TPSA) is 153 Å². The molecule has 32 heavy (non-hydrogen) atoms. The molecule has 1 heterocycles. The fraction of sp³-hybridized carbons (Fsp3) is 0.706. The average molecular weight is 523 g/mol. The molecule has 12 nitrogen and oxygen atoms in total. The molecule has 0 spiro atoms. The lowest BCUT2D eigenvalue weighted by atomic mass is 9.96. The van der Waals surface area contributed by atoms with Crippen LogP contribution >= 0.6 is 34.8 Å². The summed E-state index contributed by atoms with van der Waals surface area (Å²) in [4.78, 5) is 58.4. The zero-order valence-corrected chi connectivity index (χ0v) is 19.7. The maximum absolute atomic E-state index is 12.2.